The van der Waals surface area contributed by atoms with Crippen LogP contribution in [0.25, 0.3) is 0 Å². The maximum atomic E-state index is 6.02. The van der Waals surface area contributed by atoms with Gasteiger partial charge in [0.15, 0.2) is 11.0 Å². The Morgan fingerprint density at radius 2 is 1.93 bits per heavy atom. The lowest BCUT2D eigenvalue weighted by atomic mass is 10.1. The van der Waals surface area contributed by atoms with Crippen LogP contribution < -0.4 is 4.74 Å². The third kappa shape index (κ3) is 5.42. The summed E-state index contributed by atoms with van der Waals surface area (Å²) in [6.45, 7) is 6.56. The SMILES string of the molecule is Cc1ccccc1OCc1nnc(SCCN2CCCCC2)n1Cc1ccco1. The van der Waals surface area contributed by atoms with E-state index in [1.54, 1.807) is 18.0 Å². The fourth-order valence-electron chi connectivity index (χ4n) is 3.56. The summed E-state index contributed by atoms with van der Waals surface area (Å²) < 4.78 is 13.7. The van der Waals surface area contributed by atoms with Gasteiger partial charge in [0.05, 0.1) is 12.8 Å². The van der Waals surface area contributed by atoms with Gasteiger partial charge in [0.1, 0.15) is 18.1 Å². The maximum absolute atomic E-state index is 6.02. The predicted molar refractivity (Wildman–Crippen MR) is 114 cm³/mol. The molecule has 6 nitrogen and oxygen atoms in total. The molecule has 0 N–H and O–H groups in total. The highest BCUT2D eigenvalue weighted by Gasteiger charge is 2.16. The lowest BCUT2D eigenvalue weighted by Crippen LogP contribution is -2.31. The number of piperidine rings is 1. The van der Waals surface area contributed by atoms with Crippen molar-refractivity contribution >= 4 is 11.8 Å². The molecule has 0 spiro atoms. The van der Waals surface area contributed by atoms with Crippen molar-refractivity contribution in [1.29, 1.82) is 0 Å². The first kappa shape index (κ1) is 20.0. The molecule has 2 aromatic heterocycles. The molecule has 1 saturated heterocycles. The van der Waals surface area contributed by atoms with Crippen LogP contribution in [0.5, 0.6) is 5.75 Å². The number of ether oxygens (including phenoxy) is 1. The fourth-order valence-corrected chi connectivity index (χ4v) is 4.52. The monoisotopic (exact) mass is 412 g/mol. The lowest BCUT2D eigenvalue weighted by Gasteiger charge is -2.25. The number of nitrogens with zero attached hydrogens (tertiary/aromatic N) is 4. The van der Waals surface area contributed by atoms with Gasteiger partial charge in [0.2, 0.25) is 0 Å². The van der Waals surface area contributed by atoms with Crippen LogP contribution in [0.1, 0.15) is 36.4 Å². The van der Waals surface area contributed by atoms with Crippen molar-refractivity contribution in [3.05, 3.63) is 59.8 Å². The summed E-state index contributed by atoms with van der Waals surface area (Å²) in [4.78, 5) is 2.55. The molecule has 1 aromatic carbocycles. The Morgan fingerprint density at radius 3 is 2.72 bits per heavy atom. The standard InChI is InChI=1S/C22H28N4O2S/c1-18-8-3-4-10-20(18)28-17-21-23-24-22(26(21)16-19-9-7-14-27-19)29-15-13-25-11-5-2-6-12-25/h3-4,7-10,14H,2,5-6,11-13,15-17H2,1H3. The van der Waals surface area contributed by atoms with E-state index in [9.17, 15) is 0 Å². The van der Waals surface area contributed by atoms with E-state index in [4.69, 9.17) is 9.15 Å². The van der Waals surface area contributed by atoms with Crippen LogP contribution in [-0.2, 0) is 13.2 Å². The van der Waals surface area contributed by atoms with Crippen LogP contribution in [0.4, 0.5) is 0 Å². The van der Waals surface area contributed by atoms with E-state index < -0.39 is 0 Å². The highest BCUT2D eigenvalue weighted by atomic mass is 32.2. The Bertz CT molecular complexity index is 888. The second-order valence-corrected chi connectivity index (χ2v) is 8.43. The average Bonchev–Trinajstić information content (AvgIpc) is 3.39. The van der Waals surface area contributed by atoms with E-state index in [1.807, 2.05) is 43.3 Å². The minimum atomic E-state index is 0.380. The van der Waals surface area contributed by atoms with Crippen molar-refractivity contribution in [1.82, 2.24) is 19.7 Å². The molecule has 0 bridgehead atoms. The first-order valence-corrected chi connectivity index (χ1v) is 11.3. The molecule has 3 heterocycles. The van der Waals surface area contributed by atoms with Crippen LogP contribution in [0.15, 0.2) is 52.2 Å². The molecular weight excluding hydrogens is 384 g/mol. The Balaban J connectivity index is 1.43. The van der Waals surface area contributed by atoms with Crippen molar-refractivity contribution in [2.24, 2.45) is 0 Å². The second kappa shape index (κ2) is 9.98. The summed E-state index contributed by atoms with van der Waals surface area (Å²) in [5.41, 5.74) is 1.11. The molecule has 0 radical (unpaired) electrons. The molecule has 0 aliphatic carbocycles. The molecule has 0 amide bonds. The van der Waals surface area contributed by atoms with Gasteiger partial charge in [-0.25, -0.2) is 0 Å². The fraction of sp³-hybridized carbons (Fsp3) is 0.455. The summed E-state index contributed by atoms with van der Waals surface area (Å²) in [7, 11) is 0. The molecule has 29 heavy (non-hydrogen) atoms. The number of rotatable bonds is 9. The van der Waals surface area contributed by atoms with Crippen LogP contribution in [0.2, 0.25) is 0 Å². The zero-order valence-corrected chi connectivity index (χ0v) is 17.7. The Morgan fingerprint density at radius 1 is 1.07 bits per heavy atom. The van der Waals surface area contributed by atoms with Gasteiger partial charge < -0.3 is 14.1 Å². The van der Waals surface area contributed by atoms with Gasteiger partial charge in [-0.3, -0.25) is 4.57 Å². The van der Waals surface area contributed by atoms with Gasteiger partial charge in [-0.05, 0) is 56.6 Å². The number of benzene rings is 1. The normalized spacial score (nSPS) is 14.9. The number of hydrogen-bond donors (Lipinski definition) is 0. The van der Waals surface area contributed by atoms with Crippen LogP contribution in [0.3, 0.4) is 0 Å². The summed E-state index contributed by atoms with van der Waals surface area (Å²) in [6, 6.07) is 11.9. The van der Waals surface area contributed by atoms with E-state index in [-0.39, 0.29) is 0 Å². The summed E-state index contributed by atoms with van der Waals surface area (Å²) in [6.07, 6.45) is 5.71. The minimum Gasteiger partial charge on any atom is -0.485 e. The molecule has 3 aromatic rings. The molecule has 0 atom stereocenters. The smallest absolute Gasteiger partial charge is 0.191 e. The number of furan rings is 1. The summed E-state index contributed by atoms with van der Waals surface area (Å²) in [5.74, 6) is 3.58. The molecule has 0 unspecified atom stereocenters. The molecule has 4 rings (SSSR count). The molecule has 1 aliphatic rings. The lowest BCUT2D eigenvalue weighted by molar-refractivity contribution is 0.242. The first-order valence-electron chi connectivity index (χ1n) is 10.3. The van der Waals surface area contributed by atoms with Gasteiger partial charge in [-0.1, -0.05) is 36.4 Å². The van der Waals surface area contributed by atoms with Crippen LogP contribution in [0, 0.1) is 6.92 Å². The molecule has 0 saturated carbocycles. The van der Waals surface area contributed by atoms with Gasteiger partial charge >= 0.3 is 0 Å². The Hall–Kier alpha value is -2.25. The Kier molecular flexibility index (Phi) is 6.90. The first-order chi connectivity index (χ1) is 14.3. The van der Waals surface area contributed by atoms with Crippen LogP contribution in [-0.4, -0.2) is 45.1 Å². The number of hydrogen-bond acceptors (Lipinski definition) is 6. The summed E-state index contributed by atoms with van der Waals surface area (Å²) in [5, 5.41) is 9.79. The number of thioether (sulfide) groups is 1. The maximum Gasteiger partial charge on any atom is 0.191 e. The molecule has 1 aliphatic heterocycles. The van der Waals surface area contributed by atoms with E-state index in [0.29, 0.717) is 13.2 Å². The van der Waals surface area contributed by atoms with Gasteiger partial charge in [0.25, 0.3) is 0 Å². The molecular formula is C22H28N4O2S. The van der Waals surface area contributed by atoms with E-state index in [1.165, 1.54) is 32.4 Å². The zero-order valence-electron chi connectivity index (χ0n) is 16.9. The van der Waals surface area contributed by atoms with Gasteiger partial charge in [-0.2, -0.15) is 0 Å². The van der Waals surface area contributed by atoms with Crippen molar-refractivity contribution in [3.63, 3.8) is 0 Å². The van der Waals surface area contributed by atoms with E-state index in [0.717, 1.165) is 40.4 Å². The zero-order chi connectivity index (χ0) is 19.9. The number of aromatic nitrogens is 3. The second-order valence-electron chi connectivity index (χ2n) is 7.37. The summed E-state index contributed by atoms with van der Waals surface area (Å²) >= 11 is 1.76. The van der Waals surface area contributed by atoms with Crippen molar-refractivity contribution in [3.8, 4) is 5.75 Å². The van der Waals surface area contributed by atoms with Crippen molar-refractivity contribution in [2.75, 3.05) is 25.4 Å². The van der Waals surface area contributed by atoms with Gasteiger partial charge in [0, 0.05) is 12.3 Å². The van der Waals surface area contributed by atoms with Crippen molar-refractivity contribution in [2.45, 2.75) is 44.5 Å². The topological polar surface area (TPSA) is 56.3 Å². The van der Waals surface area contributed by atoms with Crippen molar-refractivity contribution < 1.29 is 9.15 Å². The highest BCUT2D eigenvalue weighted by Crippen LogP contribution is 2.22. The molecule has 154 valence electrons. The minimum absolute atomic E-state index is 0.380. The Labute approximate surface area is 176 Å². The molecule has 1 fully saturated rings. The number of likely N-dealkylation sites (tertiary alicyclic amines) is 1. The van der Waals surface area contributed by atoms with Crippen LogP contribution >= 0.6 is 11.8 Å². The highest BCUT2D eigenvalue weighted by molar-refractivity contribution is 7.99. The number of aryl methyl sites for hydroxylation is 1. The predicted octanol–water partition coefficient (Wildman–Crippen LogP) is 4.38. The average molecular weight is 413 g/mol. The van der Waals surface area contributed by atoms with E-state index >= 15 is 0 Å². The largest absolute Gasteiger partial charge is 0.485 e. The third-order valence-corrected chi connectivity index (χ3v) is 6.17. The quantitative estimate of drug-likeness (QED) is 0.486. The number of para-hydroxylation sites is 1. The van der Waals surface area contributed by atoms with Gasteiger partial charge in [-0.15, -0.1) is 10.2 Å². The molecule has 7 heteroatoms. The van der Waals surface area contributed by atoms with E-state index in [2.05, 4.69) is 19.7 Å². The third-order valence-electron chi connectivity index (χ3n) is 5.23.